The molecule has 0 aliphatic carbocycles. The summed E-state index contributed by atoms with van der Waals surface area (Å²) in [4.78, 5) is 24.1. The number of ether oxygens (including phenoxy) is 1. The summed E-state index contributed by atoms with van der Waals surface area (Å²) in [6.07, 6.45) is 1.11. The Kier molecular flexibility index (Phi) is 5.51. The predicted molar refractivity (Wildman–Crippen MR) is 125 cm³/mol. The van der Waals surface area contributed by atoms with Crippen molar-refractivity contribution in [3.8, 4) is 5.75 Å². The molecule has 8 heteroatoms. The molecule has 3 heterocycles. The number of rotatable bonds is 4. The standard InChI is InChI=1S/C25H27N5O3/c1-28-11-13-29(14-12-28)25(31)18-5-3-4-17(16-18)23-27-24-21(10-15-33-24)22(26)30(23)19-6-8-20(32-2)9-7-19/h3-10,15-16,23H,11-14,26H2,1-2H3. The van der Waals surface area contributed by atoms with E-state index in [1.54, 1.807) is 13.4 Å². The van der Waals surface area contributed by atoms with Crippen molar-refractivity contribution >= 4 is 17.4 Å². The van der Waals surface area contributed by atoms with Crippen molar-refractivity contribution in [2.75, 3.05) is 45.2 Å². The summed E-state index contributed by atoms with van der Waals surface area (Å²) in [7, 11) is 3.71. The van der Waals surface area contributed by atoms with E-state index in [2.05, 4.69) is 11.9 Å². The number of nitrogens with two attached hydrogens (primary N) is 1. The van der Waals surface area contributed by atoms with Crippen molar-refractivity contribution in [3.63, 3.8) is 0 Å². The Hall–Kier alpha value is -3.78. The zero-order valence-corrected chi connectivity index (χ0v) is 18.8. The van der Waals surface area contributed by atoms with Gasteiger partial charge in [-0.3, -0.25) is 4.79 Å². The number of anilines is 1. The Morgan fingerprint density at radius 2 is 1.85 bits per heavy atom. The number of benzene rings is 2. The summed E-state index contributed by atoms with van der Waals surface area (Å²) in [5.74, 6) is 1.33. The van der Waals surface area contributed by atoms with Crippen LogP contribution in [0.2, 0.25) is 0 Å². The van der Waals surface area contributed by atoms with E-state index in [1.165, 1.54) is 0 Å². The Bertz CT molecular complexity index is 1280. The molecule has 3 aromatic rings. The number of fused-ring (bicyclic) bond motifs is 1. The summed E-state index contributed by atoms with van der Waals surface area (Å²) in [6, 6.07) is 17.1. The van der Waals surface area contributed by atoms with Gasteiger partial charge in [-0.15, -0.1) is 0 Å². The molecule has 170 valence electrons. The molecule has 0 radical (unpaired) electrons. The van der Waals surface area contributed by atoms with Crippen LogP contribution in [0.15, 0.2) is 70.3 Å². The average Bonchev–Trinajstić information content (AvgIpc) is 3.33. The molecule has 1 unspecified atom stereocenters. The zero-order chi connectivity index (χ0) is 22.9. The van der Waals surface area contributed by atoms with E-state index in [4.69, 9.17) is 19.9 Å². The smallest absolute Gasteiger partial charge is 0.253 e. The number of nitrogens with zero attached hydrogens (tertiary/aromatic N) is 4. The normalized spacial score (nSPS) is 18.6. The summed E-state index contributed by atoms with van der Waals surface area (Å²) < 4.78 is 10.9. The van der Waals surface area contributed by atoms with Gasteiger partial charge in [0.25, 0.3) is 5.91 Å². The molecule has 1 saturated heterocycles. The van der Waals surface area contributed by atoms with Gasteiger partial charge in [-0.25, -0.2) is 4.99 Å². The molecule has 2 N–H and O–H groups in total. The first kappa shape index (κ1) is 21.1. The van der Waals surface area contributed by atoms with Crippen LogP contribution in [0.1, 0.15) is 22.1 Å². The molecule has 0 saturated carbocycles. The van der Waals surface area contributed by atoms with Gasteiger partial charge >= 0.3 is 0 Å². The monoisotopic (exact) mass is 445 g/mol. The van der Waals surface area contributed by atoms with Crippen molar-refractivity contribution < 1.29 is 13.9 Å². The lowest BCUT2D eigenvalue weighted by Gasteiger charge is -2.34. The van der Waals surface area contributed by atoms with E-state index < -0.39 is 6.17 Å². The van der Waals surface area contributed by atoms with Crippen molar-refractivity contribution in [2.24, 2.45) is 10.7 Å². The van der Waals surface area contributed by atoms with Crippen LogP contribution in [0.3, 0.4) is 0 Å². The number of carbonyl (C=O) groups excluding carboxylic acids is 1. The van der Waals surface area contributed by atoms with Crippen LogP contribution in [-0.2, 0) is 0 Å². The molecule has 33 heavy (non-hydrogen) atoms. The van der Waals surface area contributed by atoms with Gasteiger partial charge in [0, 0.05) is 37.4 Å². The second-order valence-corrected chi connectivity index (χ2v) is 8.32. The van der Waals surface area contributed by atoms with Gasteiger partial charge in [0.15, 0.2) is 6.17 Å². The predicted octanol–water partition coefficient (Wildman–Crippen LogP) is 1.54. The molecule has 2 aromatic carbocycles. The summed E-state index contributed by atoms with van der Waals surface area (Å²) in [6.45, 7) is 3.20. The number of piperazine rings is 1. The van der Waals surface area contributed by atoms with Crippen molar-refractivity contribution in [1.29, 1.82) is 0 Å². The second kappa shape index (κ2) is 8.63. The molecular formula is C25H27N5O3. The molecule has 1 aromatic heterocycles. The number of amides is 1. The molecule has 1 atom stereocenters. The van der Waals surface area contributed by atoms with Crippen LogP contribution in [0.4, 0.5) is 5.69 Å². The van der Waals surface area contributed by atoms with Crippen molar-refractivity contribution in [2.45, 2.75) is 6.17 Å². The van der Waals surface area contributed by atoms with Gasteiger partial charge in [0.1, 0.15) is 11.6 Å². The molecule has 2 aliphatic rings. The minimum Gasteiger partial charge on any atom is -0.497 e. The van der Waals surface area contributed by atoms with Crippen LogP contribution in [0.25, 0.3) is 5.82 Å². The summed E-state index contributed by atoms with van der Waals surface area (Å²) in [5, 5.41) is 0.742. The summed E-state index contributed by atoms with van der Waals surface area (Å²) >= 11 is 0. The number of hydrogen-bond acceptors (Lipinski definition) is 7. The van der Waals surface area contributed by atoms with Crippen molar-refractivity contribution in [3.05, 3.63) is 82.8 Å². The van der Waals surface area contributed by atoms with E-state index >= 15 is 0 Å². The SMILES string of the molecule is COc1ccc(N2C(N)=c3ccoc3=NC2c2cccc(C(=O)N3CCN(C)CC3)c2)cc1. The quantitative estimate of drug-likeness (QED) is 0.656. The first-order valence-corrected chi connectivity index (χ1v) is 11.0. The maximum absolute atomic E-state index is 13.2. The number of likely N-dealkylation sites (N-methyl/N-ethyl adjacent to an activating group) is 1. The second-order valence-electron chi connectivity index (χ2n) is 8.32. The van der Waals surface area contributed by atoms with Crippen molar-refractivity contribution in [1.82, 2.24) is 9.80 Å². The maximum atomic E-state index is 13.2. The number of carbonyl (C=O) groups is 1. The van der Waals surface area contributed by atoms with E-state index in [-0.39, 0.29) is 5.91 Å². The maximum Gasteiger partial charge on any atom is 0.253 e. The first-order chi connectivity index (χ1) is 16.0. The highest BCUT2D eigenvalue weighted by atomic mass is 16.5. The number of methoxy groups -OCH3 is 1. The van der Waals surface area contributed by atoms with Crippen LogP contribution in [-0.4, -0.2) is 56.0 Å². The topological polar surface area (TPSA) is 87.5 Å². The molecule has 0 spiro atoms. The molecule has 1 fully saturated rings. The Morgan fingerprint density at radius 3 is 2.58 bits per heavy atom. The largest absolute Gasteiger partial charge is 0.497 e. The van der Waals surface area contributed by atoms with Gasteiger partial charge < -0.3 is 29.6 Å². The molecule has 1 amide bonds. The van der Waals surface area contributed by atoms with Gasteiger partial charge in [-0.05, 0) is 55.1 Å². The average molecular weight is 446 g/mol. The Balaban J connectivity index is 1.54. The van der Waals surface area contributed by atoms with Gasteiger partial charge in [-0.2, -0.15) is 0 Å². The number of hydrogen-bond donors (Lipinski definition) is 1. The molecule has 2 aliphatic heterocycles. The Morgan fingerprint density at radius 1 is 1.09 bits per heavy atom. The third-order valence-electron chi connectivity index (χ3n) is 6.24. The van der Waals surface area contributed by atoms with E-state index in [9.17, 15) is 4.79 Å². The third-order valence-corrected chi connectivity index (χ3v) is 6.24. The molecule has 0 bridgehead atoms. The van der Waals surface area contributed by atoms with Gasteiger partial charge in [0.05, 0.1) is 18.6 Å². The van der Waals surface area contributed by atoms with E-state index in [0.717, 1.165) is 48.4 Å². The van der Waals surface area contributed by atoms with E-state index in [1.807, 2.05) is 64.4 Å². The van der Waals surface area contributed by atoms with E-state index in [0.29, 0.717) is 16.9 Å². The fraction of sp³-hybridized carbons (Fsp3) is 0.280. The molecule has 8 nitrogen and oxygen atoms in total. The minimum absolute atomic E-state index is 0.0346. The zero-order valence-electron chi connectivity index (χ0n) is 18.8. The van der Waals surface area contributed by atoms with Gasteiger partial charge in [0.2, 0.25) is 5.55 Å². The fourth-order valence-electron chi connectivity index (χ4n) is 4.30. The minimum atomic E-state index is -0.475. The van der Waals surface area contributed by atoms with Gasteiger partial charge in [-0.1, -0.05) is 12.1 Å². The lowest BCUT2D eigenvalue weighted by molar-refractivity contribution is 0.0664. The third kappa shape index (κ3) is 3.93. The van der Waals surface area contributed by atoms with Crippen LogP contribution in [0.5, 0.6) is 5.75 Å². The Labute approximate surface area is 192 Å². The van der Waals surface area contributed by atoms with Crippen LogP contribution < -0.4 is 26.1 Å². The van der Waals surface area contributed by atoms with Crippen LogP contribution in [0, 0.1) is 0 Å². The lowest BCUT2D eigenvalue weighted by atomic mass is 10.0. The van der Waals surface area contributed by atoms with Crippen LogP contribution >= 0.6 is 0 Å². The molecule has 5 rings (SSSR count). The summed E-state index contributed by atoms with van der Waals surface area (Å²) in [5.41, 5.74) is 9.46. The fourth-order valence-corrected chi connectivity index (χ4v) is 4.30. The first-order valence-electron chi connectivity index (χ1n) is 11.0. The highest BCUT2D eigenvalue weighted by Crippen LogP contribution is 2.33. The molecular weight excluding hydrogens is 418 g/mol. The number of furan rings is 1. The highest BCUT2D eigenvalue weighted by molar-refractivity contribution is 5.94. The lowest BCUT2D eigenvalue weighted by Crippen LogP contribution is -2.47. The highest BCUT2D eigenvalue weighted by Gasteiger charge is 2.28.